The molecule has 0 aliphatic carbocycles. The van der Waals surface area contributed by atoms with Crippen LogP contribution >= 0.6 is 0 Å². The molecule has 0 unspecified atom stereocenters. The zero-order valence-electron chi connectivity index (χ0n) is 7.18. The number of para-hydroxylation sites is 1. The summed E-state index contributed by atoms with van der Waals surface area (Å²) in [5.74, 6) is -0.806. The molecule has 1 heterocycles. The first-order chi connectivity index (χ1) is 7.09. The first-order valence-corrected chi connectivity index (χ1v) is 3.91. The van der Waals surface area contributed by atoms with Gasteiger partial charge in [0, 0.05) is 6.07 Å². The van der Waals surface area contributed by atoms with E-state index in [1.54, 1.807) is 0 Å². The van der Waals surface area contributed by atoms with E-state index in [-0.39, 0.29) is 16.8 Å². The highest BCUT2D eigenvalue weighted by molar-refractivity contribution is 5.82. The third kappa shape index (κ3) is 1.51. The predicted molar refractivity (Wildman–Crippen MR) is 45.6 cm³/mol. The number of oxazole rings is 1. The molecule has 0 saturated heterocycles. The summed E-state index contributed by atoms with van der Waals surface area (Å²) in [7, 11) is 0. The van der Waals surface area contributed by atoms with Crippen molar-refractivity contribution in [2.45, 2.75) is 6.43 Å². The number of hydrogen-bond acceptors (Lipinski definition) is 4. The maximum absolute atomic E-state index is 12.2. The molecule has 0 N–H and O–H groups in total. The fourth-order valence-electron chi connectivity index (χ4n) is 1.19. The van der Waals surface area contributed by atoms with Gasteiger partial charge in [0.1, 0.15) is 0 Å². The highest BCUT2D eigenvalue weighted by Crippen LogP contribution is 2.28. The maximum atomic E-state index is 12.2. The molecule has 0 spiro atoms. The second-order valence-corrected chi connectivity index (χ2v) is 2.73. The van der Waals surface area contributed by atoms with E-state index in [1.807, 2.05) is 0 Å². The van der Waals surface area contributed by atoms with Crippen LogP contribution in [0.5, 0.6) is 0 Å². The van der Waals surface area contributed by atoms with Crippen molar-refractivity contribution >= 4 is 16.8 Å². The smallest absolute Gasteiger partial charge is 0.313 e. The third-order valence-electron chi connectivity index (χ3n) is 1.80. The number of alkyl halides is 2. The zero-order chi connectivity index (χ0) is 11.0. The molecule has 0 amide bonds. The number of nitro groups is 1. The van der Waals surface area contributed by atoms with Crippen molar-refractivity contribution in [2.24, 2.45) is 0 Å². The Kier molecular flexibility index (Phi) is 2.07. The number of hydrogen-bond donors (Lipinski definition) is 0. The van der Waals surface area contributed by atoms with Crippen LogP contribution in [0, 0.1) is 10.1 Å². The van der Waals surface area contributed by atoms with Crippen molar-refractivity contribution in [3.8, 4) is 0 Å². The Labute approximate surface area is 81.5 Å². The van der Waals surface area contributed by atoms with Crippen LogP contribution < -0.4 is 0 Å². The highest BCUT2D eigenvalue weighted by Gasteiger charge is 2.21. The Morgan fingerprint density at radius 3 is 2.80 bits per heavy atom. The Bertz CT molecular complexity index is 524. The third-order valence-corrected chi connectivity index (χ3v) is 1.80. The summed E-state index contributed by atoms with van der Waals surface area (Å²) in [5.41, 5.74) is -0.513. The summed E-state index contributed by atoms with van der Waals surface area (Å²) < 4.78 is 29.1. The number of fused-ring (bicyclic) bond motifs is 1. The number of benzene rings is 1. The van der Waals surface area contributed by atoms with Gasteiger partial charge in [0.15, 0.2) is 11.1 Å². The van der Waals surface area contributed by atoms with Crippen molar-refractivity contribution < 1.29 is 18.1 Å². The molecule has 2 aromatic rings. The molecule has 1 aromatic heterocycles. The second kappa shape index (κ2) is 3.26. The van der Waals surface area contributed by atoms with Gasteiger partial charge >= 0.3 is 6.43 Å². The molecule has 7 heteroatoms. The van der Waals surface area contributed by atoms with Gasteiger partial charge in [-0.15, -0.1) is 0 Å². The van der Waals surface area contributed by atoms with E-state index in [2.05, 4.69) is 9.40 Å². The van der Waals surface area contributed by atoms with E-state index < -0.39 is 17.2 Å². The van der Waals surface area contributed by atoms with Gasteiger partial charge < -0.3 is 4.42 Å². The van der Waals surface area contributed by atoms with E-state index in [9.17, 15) is 18.9 Å². The summed E-state index contributed by atoms with van der Waals surface area (Å²) in [4.78, 5) is 13.2. The molecule has 0 bridgehead atoms. The zero-order valence-corrected chi connectivity index (χ0v) is 7.18. The van der Waals surface area contributed by atoms with Gasteiger partial charge in [-0.2, -0.15) is 8.78 Å². The molecular weight excluding hydrogens is 210 g/mol. The number of nitrogens with zero attached hydrogens (tertiary/aromatic N) is 2. The van der Waals surface area contributed by atoms with E-state index in [4.69, 9.17) is 0 Å². The molecule has 0 fully saturated rings. The molecular formula is C8H4F2N2O3. The summed E-state index contributed by atoms with van der Waals surface area (Å²) >= 11 is 0. The van der Waals surface area contributed by atoms with Crippen LogP contribution in [0.2, 0.25) is 0 Å². The van der Waals surface area contributed by atoms with Crippen LogP contribution in [0.15, 0.2) is 22.6 Å². The number of non-ortho nitro benzene ring substituents is 1. The Morgan fingerprint density at radius 1 is 1.47 bits per heavy atom. The maximum Gasteiger partial charge on any atom is 0.313 e. The number of aromatic nitrogens is 1. The Balaban J connectivity index is 2.70. The molecule has 1 aromatic carbocycles. The average molecular weight is 214 g/mol. The SMILES string of the molecule is O=[N+]([O-])c1cccc2oc(C(F)F)nc12. The largest absolute Gasteiger partial charge is 0.435 e. The van der Waals surface area contributed by atoms with Crippen LogP contribution in [0.1, 0.15) is 12.3 Å². The Hall–Kier alpha value is -2.05. The minimum Gasteiger partial charge on any atom is -0.435 e. The number of rotatable bonds is 2. The van der Waals surface area contributed by atoms with E-state index >= 15 is 0 Å². The van der Waals surface area contributed by atoms with Crippen LogP contribution in [-0.2, 0) is 0 Å². The lowest BCUT2D eigenvalue weighted by molar-refractivity contribution is -0.383. The molecule has 0 aliphatic heterocycles. The lowest BCUT2D eigenvalue weighted by atomic mass is 10.3. The summed E-state index contributed by atoms with van der Waals surface area (Å²) in [6, 6.07) is 3.88. The fraction of sp³-hybridized carbons (Fsp3) is 0.125. The van der Waals surface area contributed by atoms with Crippen molar-refractivity contribution in [3.05, 3.63) is 34.2 Å². The van der Waals surface area contributed by atoms with Crippen molar-refractivity contribution in [1.29, 1.82) is 0 Å². The fourth-order valence-corrected chi connectivity index (χ4v) is 1.19. The molecule has 15 heavy (non-hydrogen) atoms. The van der Waals surface area contributed by atoms with Crippen LogP contribution in [0.3, 0.4) is 0 Å². The van der Waals surface area contributed by atoms with E-state index in [0.29, 0.717) is 0 Å². The number of nitro benzene ring substituents is 1. The second-order valence-electron chi connectivity index (χ2n) is 2.73. The van der Waals surface area contributed by atoms with Gasteiger partial charge in [-0.25, -0.2) is 4.98 Å². The highest BCUT2D eigenvalue weighted by atomic mass is 19.3. The van der Waals surface area contributed by atoms with Crippen LogP contribution in [-0.4, -0.2) is 9.91 Å². The lowest BCUT2D eigenvalue weighted by Crippen LogP contribution is -1.89. The molecule has 0 radical (unpaired) electrons. The Morgan fingerprint density at radius 2 is 2.20 bits per heavy atom. The lowest BCUT2D eigenvalue weighted by Gasteiger charge is -1.89. The van der Waals surface area contributed by atoms with E-state index in [1.165, 1.54) is 18.2 Å². The molecule has 2 rings (SSSR count). The molecule has 0 aliphatic rings. The standard InChI is InChI=1S/C8H4F2N2O3/c9-7(10)8-11-6-4(12(13)14)2-1-3-5(6)15-8/h1-3,7H. The van der Waals surface area contributed by atoms with Gasteiger partial charge in [0.05, 0.1) is 4.92 Å². The normalized spacial score (nSPS) is 11.1. The van der Waals surface area contributed by atoms with Crippen molar-refractivity contribution in [1.82, 2.24) is 4.98 Å². The minimum absolute atomic E-state index is 0.0144. The van der Waals surface area contributed by atoms with Gasteiger partial charge in [-0.1, -0.05) is 6.07 Å². The molecule has 0 atom stereocenters. The summed E-state index contributed by atoms with van der Waals surface area (Å²) in [6.45, 7) is 0. The summed E-state index contributed by atoms with van der Waals surface area (Å²) in [6.07, 6.45) is -2.88. The van der Waals surface area contributed by atoms with Crippen LogP contribution in [0.4, 0.5) is 14.5 Å². The molecule has 0 saturated carbocycles. The van der Waals surface area contributed by atoms with Gasteiger partial charge in [0.25, 0.3) is 11.6 Å². The van der Waals surface area contributed by atoms with Gasteiger partial charge in [-0.3, -0.25) is 10.1 Å². The topological polar surface area (TPSA) is 69.2 Å². The summed E-state index contributed by atoms with van der Waals surface area (Å²) in [5, 5.41) is 10.5. The van der Waals surface area contributed by atoms with Gasteiger partial charge in [0.2, 0.25) is 0 Å². The monoisotopic (exact) mass is 214 g/mol. The van der Waals surface area contributed by atoms with E-state index in [0.717, 1.165) is 0 Å². The first kappa shape index (κ1) is 9.50. The van der Waals surface area contributed by atoms with Crippen molar-refractivity contribution in [3.63, 3.8) is 0 Å². The molecule has 78 valence electrons. The average Bonchev–Trinajstić information content (AvgIpc) is 2.60. The predicted octanol–water partition coefficient (Wildman–Crippen LogP) is 2.67. The number of halogens is 2. The quantitative estimate of drug-likeness (QED) is 0.569. The molecule has 5 nitrogen and oxygen atoms in total. The minimum atomic E-state index is -2.88. The van der Waals surface area contributed by atoms with Crippen LogP contribution in [0.25, 0.3) is 11.1 Å². The van der Waals surface area contributed by atoms with Crippen molar-refractivity contribution in [2.75, 3.05) is 0 Å². The van der Waals surface area contributed by atoms with Gasteiger partial charge in [-0.05, 0) is 6.07 Å². The first-order valence-electron chi connectivity index (χ1n) is 3.91.